The van der Waals surface area contributed by atoms with Gasteiger partial charge in [-0.3, -0.25) is 4.98 Å². The number of fused-ring (bicyclic) bond motifs is 1. The summed E-state index contributed by atoms with van der Waals surface area (Å²) < 4.78 is 4.02. The van der Waals surface area contributed by atoms with Gasteiger partial charge < -0.3 is 4.98 Å². The predicted molar refractivity (Wildman–Crippen MR) is 138 cm³/mol. The molecule has 7 nitrogen and oxygen atoms in total. The molecule has 0 spiro atoms. The highest BCUT2D eigenvalue weighted by Gasteiger charge is 2.18. The Balaban J connectivity index is 1.50. The molecule has 166 valence electrons. The van der Waals surface area contributed by atoms with Crippen molar-refractivity contribution in [2.24, 2.45) is 0 Å². The number of imidazole rings is 1. The Labute approximate surface area is 206 Å². The second kappa shape index (κ2) is 9.03. The van der Waals surface area contributed by atoms with Crippen molar-refractivity contribution in [2.45, 2.75) is 33.9 Å². The molecule has 0 bridgehead atoms. The lowest BCUT2D eigenvalue weighted by Crippen LogP contribution is -2.12. The van der Waals surface area contributed by atoms with E-state index in [-0.39, 0.29) is 0 Å². The minimum absolute atomic E-state index is 0.679. The molecular formula is C25H24IN7. The minimum atomic E-state index is 0.679. The van der Waals surface area contributed by atoms with Gasteiger partial charge in [0.1, 0.15) is 17.8 Å². The van der Waals surface area contributed by atoms with E-state index < -0.39 is 0 Å². The van der Waals surface area contributed by atoms with Crippen LogP contribution in [0.15, 0.2) is 61.1 Å². The van der Waals surface area contributed by atoms with Crippen molar-refractivity contribution in [3.63, 3.8) is 0 Å². The van der Waals surface area contributed by atoms with Gasteiger partial charge in [-0.15, -0.1) is 0 Å². The Hall–Kier alpha value is -3.11. The van der Waals surface area contributed by atoms with Crippen molar-refractivity contribution >= 4 is 28.5 Å². The summed E-state index contributed by atoms with van der Waals surface area (Å²) in [5.74, 6) is 0.890. The van der Waals surface area contributed by atoms with Gasteiger partial charge in [0, 0.05) is 46.9 Å². The van der Waals surface area contributed by atoms with Gasteiger partial charge in [0.05, 0.1) is 17.9 Å². The van der Waals surface area contributed by atoms with Crippen molar-refractivity contribution in [2.75, 3.05) is 0 Å². The molecule has 0 saturated carbocycles. The Morgan fingerprint density at radius 1 is 0.970 bits per heavy atom. The van der Waals surface area contributed by atoms with Gasteiger partial charge in [-0.25, -0.2) is 17.6 Å². The van der Waals surface area contributed by atoms with Crippen molar-refractivity contribution in [1.82, 2.24) is 32.7 Å². The van der Waals surface area contributed by atoms with E-state index in [0.717, 1.165) is 46.4 Å². The average molecular weight is 549 g/mol. The molecular weight excluding hydrogens is 525 g/mol. The van der Waals surface area contributed by atoms with E-state index in [0.29, 0.717) is 6.54 Å². The molecule has 1 N–H and O–H groups in total. The number of rotatable bonds is 6. The zero-order valence-corrected chi connectivity index (χ0v) is 20.9. The van der Waals surface area contributed by atoms with Crippen LogP contribution in [0.5, 0.6) is 0 Å². The molecule has 0 saturated heterocycles. The van der Waals surface area contributed by atoms with Crippen molar-refractivity contribution in [3.8, 4) is 22.6 Å². The fraction of sp³-hybridized carbons (Fsp3) is 0.200. The first-order valence-electron chi connectivity index (χ1n) is 10.8. The second-order valence-electron chi connectivity index (χ2n) is 8.19. The van der Waals surface area contributed by atoms with Gasteiger partial charge in [-0.2, -0.15) is 5.10 Å². The van der Waals surface area contributed by atoms with Crippen LogP contribution in [-0.2, 0) is 13.1 Å². The molecule has 0 aliphatic carbocycles. The largest absolute Gasteiger partial charge is 0.340 e. The Morgan fingerprint density at radius 3 is 2.67 bits per heavy atom. The van der Waals surface area contributed by atoms with Gasteiger partial charge in [-0.05, 0) is 61.7 Å². The van der Waals surface area contributed by atoms with Gasteiger partial charge in [0.2, 0.25) is 0 Å². The molecule has 1 aromatic carbocycles. The third-order valence-corrected chi connectivity index (χ3v) is 6.51. The lowest BCUT2D eigenvalue weighted by Gasteiger charge is -2.15. The number of hydrogen-bond acceptors (Lipinski definition) is 5. The fourth-order valence-corrected chi connectivity index (χ4v) is 4.61. The molecule has 0 fully saturated rings. The molecule has 0 amide bonds. The molecule has 4 aromatic heterocycles. The second-order valence-corrected chi connectivity index (χ2v) is 9.55. The van der Waals surface area contributed by atoms with Crippen molar-refractivity contribution in [1.29, 1.82) is 0 Å². The number of aryl methyl sites for hydroxylation is 2. The topological polar surface area (TPSA) is 75.0 Å². The maximum absolute atomic E-state index is 4.98. The first-order chi connectivity index (χ1) is 16.0. The maximum atomic E-state index is 4.98. The average Bonchev–Trinajstić information content (AvgIpc) is 3.43. The van der Waals surface area contributed by atoms with Crippen LogP contribution >= 0.6 is 22.9 Å². The summed E-state index contributed by atoms with van der Waals surface area (Å²) in [7, 11) is 0. The number of benzene rings is 1. The van der Waals surface area contributed by atoms with Crippen LogP contribution in [-0.4, -0.2) is 32.7 Å². The summed E-state index contributed by atoms with van der Waals surface area (Å²) in [6, 6.07) is 16.5. The van der Waals surface area contributed by atoms with Crippen LogP contribution in [0.25, 0.3) is 28.3 Å². The molecule has 8 heteroatoms. The van der Waals surface area contributed by atoms with Gasteiger partial charge in [-0.1, -0.05) is 24.3 Å². The summed E-state index contributed by atoms with van der Waals surface area (Å²) in [5, 5.41) is 4.28. The zero-order valence-electron chi connectivity index (χ0n) is 18.7. The molecule has 0 unspecified atom stereocenters. The van der Waals surface area contributed by atoms with E-state index in [4.69, 9.17) is 9.97 Å². The predicted octanol–water partition coefficient (Wildman–Crippen LogP) is 5.46. The number of H-pyrrole nitrogens is 1. The molecule has 0 aliphatic heterocycles. The number of nitrogens with one attached hydrogen (secondary N) is 1. The van der Waals surface area contributed by atoms with Crippen LogP contribution in [0.4, 0.5) is 0 Å². The van der Waals surface area contributed by atoms with Crippen LogP contribution in [0.3, 0.4) is 0 Å². The molecule has 33 heavy (non-hydrogen) atoms. The lowest BCUT2D eigenvalue weighted by molar-refractivity contribution is 0.488. The monoisotopic (exact) mass is 549 g/mol. The zero-order chi connectivity index (χ0) is 22.9. The highest BCUT2D eigenvalue weighted by molar-refractivity contribution is 14.1. The maximum Gasteiger partial charge on any atom is 0.155 e. The van der Waals surface area contributed by atoms with E-state index in [9.17, 15) is 0 Å². The van der Waals surface area contributed by atoms with Crippen LogP contribution < -0.4 is 0 Å². The number of pyridine rings is 2. The van der Waals surface area contributed by atoms with Crippen molar-refractivity contribution in [3.05, 3.63) is 89.3 Å². The summed E-state index contributed by atoms with van der Waals surface area (Å²) in [6.07, 6.45) is 3.53. The first-order valence-corrected chi connectivity index (χ1v) is 11.7. The van der Waals surface area contributed by atoms with Crippen molar-refractivity contribution < 1.29 is 0 Å². The minimum Gasteiger partial charge on any atom is -0.340 e. The Kier molecular flexibility index (Phi) is 5.94. The summed E-state index contributed by atoms with van der Waals surface area (Å²) in [4.78, 5) is 17.5. The van der Waals surface area contributed by atoms with E-state index in [1.54, 1.807) is 10.8 Å². The molecule has 5 aromatic rings. The smallest absolute Gasteiger partial charge is 0.155 e. The number of nitrogens with zero attached hydrogens (tertiary/aromatic N) is 6. The Morgan fingerprint density at radius 2 is 1.82 bits per heavy atom. The van der Waals surface area contributed by atoms with Gasteiger partial charge in [0.25, 0.3) is 0 Å². The number of aromatic amines is 1. The Bertz CT molecular complexity index is 1440. The third-order valence-electron chi connectivity index (χ3n) is 5.83. The number of aromatic nitrogens is 6. The molecule has 5 rings (SSSR count). The highest BCUT2D eigenvalue weighted by Crippen LogP contribution is 2.30. The quantitative estimate of drug-likeness (QED) is 0.225. The first kappa shape index (κ1) is 21.7. The third kappa shape index (κ3) is 4.53. The van der Waals surface area contributed by atoms with E-state index in [1.807, 2.05) is 43.5 Å². The van der Waals surface area contributed by atoms with E-state index in [1.165, 1.54) is 16.7 Å². The summed E-state index contributed by atoms with van der Waals surface area (Å²) in [5.41, 5.74) is 9.34. The fourth-order valence-electron chi connectivity index (χ4n) is 3.92. The van der Waals surface area contributed by atoms with Crippen LogP contribution in [0.2, 0.25) is 0 Å². The number of halogens is 1. The van der Waals surface area contributed by atoms with Gasteiger partial charge >= 0.3 is 0 Å². The summed E-state index contributed by atoms with van der Waals surface area (Å²) >= 11 is 2.38. The molecule has 0 aliphatic rings. The standard InChI is InChI=1S/C25H24IN7/c1-16-6-4-8-19(18(16)3)12-32(26)14-22-30-24(20-10-11-23-27-15-28-33(23)13-20)25(31-22)21-9-5-7-17(2)29-21/h4-11,13,15H,12,14H2,1-3H3,(H,30,31). The molecule has 4 heterocycles. The summed E-state index contributed by atoms with van der Waals surface area (Å²) in [6.45, 7) is 7.85. The molecule has 0 radical (unpaired) electrons. The SMILES string of the molecule is Cc1cccc(-c2nc(CN(I)Cc3cccc(C)c3C)[nH]c2-c2ccc3ncnn3c2)n1. The number of hydrogen-bond donors (Lipinski definition) is 1. The lowest BCUT2D eigenvalue weighted by atomic mass is 10.0. The van der Waals surface area contributed by atoms with Crippen LogP contribution in [0, 0.1) is 20.8 Å². The molecule has 0 atom stereocenters. The van der Waals surface area contributed by atoms with Gasteiger partial charge in [0.15, 0.2) is 5.65 Å². The van der Waals surface area contributed by atoms with Crippen LogP contribution in [0.1, 0.15) is 28.2 Å². The van der Waals surface area contributed by atoms with E-state index in [2.05, 4.69) is 73.1 Å². The highest BCUT2D eigenvalue weighted by atomic mass is 127. The van der Waals surface area contributed by atoms with E-state index >= 15 is 0 Å². The normalized spacial score (nSPS) is 11.5.